The van der Waals surface area contributed by atoms with E-state index >= 15 is 0 Å². The van der Waals surface area contributed by atoms with Crippen LogP contribution in [0.1, 0.15) is 52.7 Å². The van der Waals surface area contributed by atoms with Gasteiger partial charge in [-0.25, -0.2) is 0 Å². The Hall–Kier alpha value is -1.04. The minimum absolute atomic E-state index is 0.0338. The molecule has 1 aromatic carbocycles. The molecule has 0 aliphatic rings. The molecule has 0 bridgehead atoms. The normalized spacial score (nSPS) is 12.4. The summed E-state index contributed by atoms with van der Waals surface area (Å²) in [4.78, 5) is 0. The summed E-state index contributed by atoms with van der Waals surface area (Å²) >= 11 is 0. The van der Waals surface area contributed by atoms with Crippen LogP contribution in [0.3, 0.4) is 0 Å². The molecule has 118 valence electrons. The van der Waals surface area contributed by atoms with E-state index in [9.17, 15) is 0 Å². The van der Waals surface area contributed by atoms with Gasteiger partial charge in [-0.15, -0.1) is 0 Å². The van der Waals surface area contributed by atoms with Gasteiger partial charge in [0.15, 0.2) is 0 Å². The molecule has 1 rings (SSSR count). The summed E-state index contributed by atoms with van der Waals surface area (Å²) in [6.07, 6.45) is 0. The Balaban J connectivity index is 3.06. The maximum Gasteiger partial charge on any atom is 0.634 e. The Morgan fingerprint density at radius 2 is 1.38 bits per heavy atom. The molecule has 0 aliphatic heterocycles. The molecule has 0 aliphatic carbocycles. The monoisotopic (exact) mass is 294 g/mol. The lowest BCUT2D eigenvalue weighted by Crippen LogP contribution is -2.23. The van der Waals surface area contributed by atoms with Crippen molar-refractivity contribution in [2.24, 2.45) is 0 Å². The van der Waals surface area contributed by atoms with Crippen LogP contribution in [0.4, 0.5) is 0 Å². The van der Waals surface area contributed by atoms with Gasteiger partial charge >= 0.3 is 7.32 Å². The highest BCUT2D eigenvalue weighted by atomic mass is 16.6. The summed E-state index contributed by atoms with van der Waals surface area (Å²) in [6.45, 7) is 13.3. The largest absolute Gasteiger partial charge is 0.634 e. The van der Waals surface area contributed by atoms with Crippen LogP contribution in [0.2, 0.25) is 0 Å². The molecule has 0 saturated carbocycles. The van der Waals surface area contributed by atoms with Crippen molar-refractivity contribution in [3.8, 4) is 5.75 Å². The highest BCUT2D eigenvalue weighted by Gasteiger charge is 2.26. The summed E-state index contributed by atoms with van der Waals surface area (Å²) in [5.74, 6) is 0.869. The van der Waals surface area contributed by atoms with Gasteiger partial charge in [0.2, 0.25) is 0 Å². The second-order valence-corrected chi connectivity index (χ2v) is 7.23. The average Bonchev–Trinajstić information content (AvgIpc) is 2.31. The lowest BCUT2D eigenvalue weighted by molar-refractivity contribution is 0.147. The van der Waals surface area contributed by atoms with E-state index in [0.717, 1.165) is 16.9 Å². The Labute approximate surface area is 128 Å². The van der Waals surface area contributed by atoms with Crippen molar-refractivity contribution >= 4 is 7.32 Å². The molecule has 1 aromatic rings. The third kappa shape index (κ3) is 5.34. The number of hydrogen-bond donors (Lipinski definition) is 2. The van der Waals surface area contributed by atoms with Gasteiger partial charge in [-0.1, -0.05) is 59.7 Å². The van der Waals surface area contributed by atoms with Crippen LogP contribution < -0.4 is 4.74 Å². The third-order valence-electron chi connectivity index (χ3n) is 3.23. The number of hydrogen-bond acceptors (Lipinski definition) is 4. The van der Waals surface area contributed by atoms with E-state index in [0.29, 0.717) is 0 Å². The van der Waals surface area contributed by atoms with E-state index < -0.39 is 7.32 Å². The second kappa shape index (κ2) is 6.82. The van der Waals surface area contributed by atoms with Crippen LogP contribution >= 0.6 is 0 Å². The van der Waals surface area contributed by atoms with Crippen LogP contribution in [0.5, 0.6) is 5.75 Å². The van der Waals surface area contributed by atoms with Crippen LogP contribution in [-0.4, -0.2) is 30.6 Å². The molecule has 0 saturated heterocycles. The zero-order valence-corrected chi connectivity index (χ0v) is 13.9. The van der Waals surface area contributed by atoms with Gasteiger partial charge < -0.3 is 19.4 Å². The van der Waals surface area contributed by atoms with Gasteiger partial charge in [0.05, 0.1) is 6.61 Å². The number of rotatable bonds is 5. The molecule has 0 fully saturated rings. The summed E-state index contributed by atoms with van der Waals surface area (Å²) < 4.78 is 10.6. The molecule has 5 heteroatoms. The molecule has 0 aromatic heterocycles. The van der Waals surface area contributed by atoms with E-state index in [-0.39, 0.29) is 24.0 Å². The smallest absolute Gasteiger partial charge is 0.491 e. The van der Waals surface area contributed by atoms with E-state index in [1.807, 2.05) is 0 Å². The fraction of sp³-hybridized carbons (Fsp3) is 0.625. The molecule has 0 radical (unpaired) electrons. The lowest BCUT2D eigenvalue weighted by Gasteiger charge is -2.29. The maximum atomic E-state index is 8.70. The number of para-hydroxylation sites is 1. The zero-order valence-electron chi connectivity index (χ0n) is 13.9. The van der Waals surface area contributed by atoms with Crippen molar-refractivity contribution in [3.63, 3.8) is 0 Å². The van der Waals surface area contributed by atoms with Crippen LogP contribution in [0.15, 0.2) is 18.2 Å². The molecule has 0 heterocycles. The van der Waals surface area contributed by atoms with E-state index in [4.69, 9.17) is 19.4 Å². The Kier molecular flexibility index (Phi) is 5.85. The quantitative estimate of drug-likeness (QED) is 0.647. The van der Waals surface area contributed by atoms with Crippen LogP contribution in [-0.2, 0) is 15.5 Å². The molecule has 0 atom stereocenters. The van der Waals surface area contributed by atoms with Gasteiger partial charge in [-0.2, -0.15) is 0 Å². The van der Waals surface area contributed by atoms with Crippen molar-refractivity contribution in [2.45, 2.75) is 52.4 Å². The average molecular weight is 294 g/mol. The first kappa shape index (κ1) is 18.0. The summed E-state index contributed by atoms with van der Waals surface area (Å²) in [7, 11) is -1.76. The van der Waals surface area contributed by atoms with Crippen LogP contribution in [0, 0.1) is 0 Å². The van der Waals surface area contributed by atoms with E-state index in [1.54, 1.807) is 0 Å². The summed E-state index contributed by atoms with van der Waals surface area (Å²) in [5.41, 5.74) is 2.21. The highest BCUT2D eigenvalue weighted by Crippen LogP contribution is 2.39. The number of benzene rings is 1. The fourth-order valence-corrected chi connectivity index (χ4v) is 2.17. The molecule has 21 heavy (non-hydrogen) atoms. The first-order valence-electron chi connectivity index (χ1n) is 7.28. The Morgan fingerprint density at radius 3 is 1.76 bits per heavy atom. The first-order chi connectivity index (χ1) is 9.53. The number of ether oxygens (including phenoxy) is 1. The van der Waals surface area contributed by atoms with E-state index in [2.05, 4.69) is 59.7 Å². The van der Waals surface area contributed by atoms with Crippen molar-refractivity contribution in [1.29, 1.82) is 0 Å². The molecular formula is C16H27BO4. The predicted octanol–water partition coefficient (Wildman–Crippen LogP) is 2.65. The SMILES string of the molecule is CC(C)(C)c1cccc(C(C)(C)C)c1OCCOB(O)O. The Bertz CT molecular complexity index is 426. The second-order valence-electron chi connectivity index (χ2n) is 7.23. The van der Waals surface area contributed by atoms with Gasteiger partial charge in [0, 0.05) is 0 Å². The zero-order chi connectivity index (χ0) is 16.3. The molecular weight excluding hydrogens is 267 g/mol. The highest BCUT2D eigenvalue weighted by molar-refractivity contribution is 6.32. The molecule has 4 nitrogen and oxygen atoms in total. The minimum atomic E-state index is -1.76. The molecule has 0 spiro atoms. The van der Waals surface area contributed by atoms with Crippen molar-refractivity contribution in [1.82, 2.24) is 0 Å². The first-order valence-corrected chi connectivity index (χ1v) is 7.28. The molecule has 2 N–H and O–H groups in total. The lowest BCUT2D eigenvalue weighted by atomic mass is 9.79. The van der Waals surface area contributed by atoms with Gasteiger partial charge in [0.25, 0.3) is 0 Å². The summed E-state index contributed by atoms with van der Waals surface area (Å²) in [5, 5.41) is 17.4. The van der Waals surface area contributed by atoms with Crippen LogP contribution in [0.25, 0.3) is 0 Å². The minimum Gasteiger partial charge on any atom is -0.491 e. The van der Waals surface area contributed by atoms with E-state index in [1.165, 1.54) is 0 Å². The standard InChI is InChI=1S/C16H27BO4/c1-15(2,3)12-8-7-9-13(16(4,5)6)14(12)20-10-11-21-17(18)19/h7-9,18-19H,10-11H2,1-6H3. The van der Waals surface area contributed by atoms with Gasteiger partial charge in [-0.3, -0.25) is 0 Å². The van der Waals surface area contributed by atoms with Gasteiger partial charge in [-0.05, 0) is 22.0 Å². The van der Waals surface area contributed by atoms with Gasteiger partial charge in [0.1, 0.15) is 12.4 Å². The van der Waals surface area contributed by atoms with Crippen molar-refractivity contribution in [3.05, 3.63) is 29.3 Å². The Morgan fingerprint density at radius 1 is 0.905 bits per heavy atom. The fourth-order valence-electron chi connectivity index (χ4n) is 2.17. The third-order valence-corrected chi connectivity index (χ3v) is 3.23. The molecule has 0 unspecified atom stereocenters. The summed E-state index contributed by atoms with van der Waals surface area (Å²) in [6, 6.07) is 6.21. The van der Waals surface area contributed by atoms with Crippen molar-refractivity contribution in [2.75, 3.05) is 13.2 Å². The van der Waals surface area contributed by atoms with Crippen molar-refractivity contribution < 1.29 is 19.4 Å². The maximum absolute atomic E-state index is 8.70. The molecule has 0 amide bonds. The topological polar surface area (TPSA) is 58.9 Å². The predicted molar refractivity (Wildman–Crippen MR) is 85.5 cm³/mol.